The molecule has 1 N–H and O–H groups in total. The van der Waals surface area contributed by atoms with Gasteiger partial charge in [0.25, 0.3) is 5.91 Å². The molecule has 1 unspecified atom stereocenters. The minimum absolute atomic E-state index is 0.0568. The molecule has 1 aromatic rings. The molecule has 1 saturated heterocycles. The van der Waals surface area contributed by atoms with Gasteiger partial charge in [-0.2, -0.15) is 8.78 Å². The quantitative estimate of drug-likeness (QED) is 0.898. The molecule has 9 heteroatoms. The zero-order chi connectivity index (χ0) is 16.5. The van der Waals surface area contributed by atoms with Gasteiger partial charge in [0.2, 0.25) is 9.84 Å². The molecule has 6 nitrogen and oxygen atoms in total. The number of nitrogens with zero attached hydrogens (tertiary/aromatic N) is 1. The summed E-state index contributed by atoms with van der Waals surface area (Å²) in [4.78, 5) is 23.9. The van der Waals surface area contributed by atoms with Crippen LogP contribution in [0.15, 0.2) is 29.2 Å². The van der Waals surface area contributed by atoms with Crippen molar-refractivity contribution in [2.45, 2.75) is 29.5 Å². The third kappa shape index (κ3) is 2.94. The first-order valence-corrected chi connectivity index (χ1v) is 7.95. The lowest BCUT2D eigenvalue weighted by molar-refractivity contribution is -0.141. The Balaban J connectivity index is 2.24. The van der Waals surface area contributed by atoms with Gasteiger partial charge in [0.1, 0.15) is 6.04 Å². The summed E-state index contributed by atoms with van der Waals surface area (Å²) in [5, 5.41) is 9.03. The number of rotatable bonds is 4. The van der Waals surface area contributed by atoms with E-state index in [0.29, 0.717) is 12.8 Å². The number of carbonyl (C=O) groups excluding carboxylic acids is 1. The Morgan fingerprint density at radius 2 is 1.82 bits per heavy atom. The molecule has 2 rings (SSSR count). The minimum Gasteiger partial charge on any atom is -0.480 e. The van der Waals surface area contributed by atoms with Gasteiger partial charge in [0.05, 0.1) is 4.90 Å². The predicted molar refractivity (Wildman–Crippen MR) is 71.3 cm³/mol. The van der Waals surface area contributed by atoms with E-state index in [1.807, 2.05) is 0 Å². The Morgan fingerprint density at radius 3 is 2.32 bits per heavy atom. The SMILES string of the molecule is O=C(O)C1CCCN1C(=O)c1ccc(S(=O)(=O)C(F)F)cc1. The van der Waals surface area contributed by atoms with Crippen molar-refractivity contribution in [2.75, 3.05) is 6.54 Å². The van der Waals surface area contributed by atoms with E-state index in [0.717, 1.165) is 24.3 Å². The summed E-state index contributed by atoms with van der Waals surface area (Å²) < 4.78 is 47.4. The standard InChI is InChI=1S/C13H13F2NO5S/c14-13(15)22(20,21)9-5-3-8(4-6-9)11(17)16-7-1-2-10(16)12(18)19/h3-6,10,13H,1-2,7H2,(H,18,19). The number of likely N-dealkylation sites (tertiary alicyclic amines) is 1. The summed E-state index contributed by atoms with van der Waals surface area (Å²) >= 11 is 0. The van der Waals surface area contributed by atoms with E-state index in [9.17, 15) is 26.8 Å². The van der Waals surface area contributed by atoms with Crippen molar-refractivity contribution in [1.29, 1.82) is 0 Å². The molecule has 1 heterocycles. The van der Waals surface area contributed by atoms with Gasteiger partial charge < -0.3 is 10.0 Å². The molecular formula is C13H13F2NO5S. The fraction of sp³-hybridized carbons (Fsp3) is 0.385. The first-order chi connectivity index (χ1) is 10.2. The Hall–Kier alpha value is -2.03. The van der Waals surface area contributed by atoms with Crippen molar-refractivity contribution < 1.29 is 31.9 Å². The Kier molecular flexibility index (Phi) is 4.45. The fourth-order valence-electron chi connectivity index (χ4n) is 2.32. The first-order valence-electron chi connectivity index (χ1n) is 6.41. The fourth-order valence-corrected chi connectivity index (χ4v) is 3.04. The monoisotopic (exact) mass is 333 g/mol. The second kappa shape index (κ2) is 5.99. The van der Waals surface area contributed by atoms with Gasteiger partial charge >= 0.3 is 11.7 Å². The Morgan fingerprint density at radius 1 is 1.23 bits per heavy atom. The second-order valence-corrected chi connectivity index (χ2v) is 6.74. The van der Waals surface area contributed by atoms with Crippen LogP contribution in [0.4, 0.5) is 8.78 Å². The average molecular weight is 333 g/mol. The lowest BCUT2D eigenvalue weighted by Gasteiger charge is -2.21. The smallest absolute Gasteiger partial charge is 0.341 e. The number of sulfone groups is 1. The summed E-state index contributed by atoms with van der Waals surface area (Å²) in [6, 6.07) is 3.13. The highest BCUT2D eigenvalue weighted by Gasteiger charge is 2.34. The maximum absolute atomic E-state index is 12.4. The zero-order valence-electron chi connectivity index (χ0n) is 11.3. The molecule has 1 fully saturated rings. The van der Waals surface area contributed by atoms with E-state index in [4.69, 9.17) is 5.11 Å². The highest BCUT2D eigenvalue weighted by Crippen LogP contribution is 2.22. The zero-order valence-corrected chi connectivity index (χ0v) is 12.1. The Bertz CT molecular complexity index is 687. The average Bonchev–Trinajstić information content (AvgIpc) is 2.96. The van der Waals surface area contributed by atoms with Gasteiger partial charge in [0.15, 0.2) is 0 Å². The molecule has 0 aliphatic carbocycles. The van der Waals surface area contributed by atoms with Crippen molar-refractivity contribution in [3.63, 3.8) is 0 Å². The number of amides is 1. The topological polar surface area (TPSA) is 91.8 Å². The number of carboxylic acid groups (broad SMARTS) is 1. The lowest BCUT2D eigenvalue weighted by Crippen LogP contribution is -2.40. The van der Waals surface area contributed by atoms with Crippen LogP contribution in [0.5, 0.6) is 0 Å². The van der Waals surface area contributed by atoms with E-state index in [1.54, 1.807) is 0 Å². The van der Waals surface area contributed by atoms with Gasteiger partial charge in [-0.3, -0.25) is 4.79 Å². The van der Waals surface area contributed by atoms with Crippen LogP contribution in [0.2, 0.25) is 0 Å². The molecule has 120 valence electrons. The molecule has 0 spiro atoms. The van der Waals surface area contributed by atoms with Gasteiger partial charge in [-0.15, -0.1) is 0 Å². The largest absolute Gasteiger partial charge is 0.480 e. The number of alkyl halides is 2. The van der Waals surface area contributed by atoms with Crippen molar-refractivity contribution in [3.8, 4) is 0 Å². The molecule has 1 aliphatic heterocycles. The van der Waals surface area contributed by atoms with Crippen LogP contribution in [-0.4, -0.2) is 48.6 Å². The van der Waals surface area contributed by atoms with Crippen molar-refractivity contribution in [3.05, 3.63) is 29.8 Å². The number of aliphatic carboxylic acids is 1. The normalized spacial score (nSPS) is 18.7. The van der Waals surface area contributed by atoms with Gasteiger partial charge in [-0.25, -0.2) is 13.2 Å². The number of hydrogen-bond acceptors (Lipinski definition) is 4. The molecule has 1 atom stereocenters. The molecule has 0 bridgehead atoms. The van der Waals surface area contributed by atoms with Gasteiger partial charge in [-0.05, 0) is 37.1 Å². The number of carbonyl (C=O) groups is 2. The van der Waals surface area contributed by atoms with E-state index >= 15 is 0 Å². The molecular weight excluding hydrogens is 320 g/mol. The summed E-state index contributed by atoms with van der Waals surface area (Å²) in [6.07, 6.45) is 0.902. The Labute approximate surface area is 125 Å². The van der Waals surface area contributed by atoms with Crippen LogP contribution in [0.3, 0.4) is 0 Å². The number of benzene rings is 1. The van der Waals surface area contributed by atoms with Crippen LogP contribution in [0.1, 0.15) is 23.2 Å². The molecule has 22 heavy (non-hydrogen) atoms. The number of carboxylic acids is 1. The van der Waals surface area contributed by atoms with Crippen LogP contribution in [0, 0.1) is 0 Å². The van der Waals surface area contributed by atoms with E-state index < -0.39 is 38.4 Å². The van der Waals surface area contributed by atoms with E-state index in [1.165, 1.54) is 4.90 Å². The lowest BCUT2D eigenvalue weighted by atomic mass is 10.1. The van der Waals surface area contributed by atoms with E-state index in [2.05, 4.69) is 0 Å². The molecule has 0 aromatic heterocycles. The van der Waals surface area contributed by atoms with Crippen LogP contribution >= 0.6 is 0 Å². The predicted octanol–water partition coefficient (Wildman–Crippen LogP) is 1.37. The maximum atomic E-state index is 12.4. The number of hydrogen-bond donors (Lipinski definition) is 1. The van der Waals surface area contributed by atoms with Gasteiger partial charge in [-0.1, -0.05) is 0 Å². The van der Waals surface area contributed by atoms with Crippen molar-refractivity contribution in [1.82, 2.24) is 4.90 Å². The molecule has 1 aromatic carbocycles. The van der Waals surface area contributed by atoms with Gasteiger partial charge in [0, 0.05) is 12.1 Å². The molecule has 1 amide bonds. The number of halogens is 2. The summed E-state index contributed by atoms with van der Waals surface area (Å²) in [5.41, 5.74) is 0.0568. The summed E-state index contributed by atoms with van der Waals surface area (Å²) in [5.74, 6) is -5.21. The first kappa shape index (κ1) is 16.3. The minimum atomic E-state index is -4.71. The van der Waals surface area contributed by atoms with Crippen molar-refractivity contribution >= 4 is 21.7 Å². The summed E-state index contributed by atoms with van der Waals surface area (Å²) in [6.45, 7) is 0.285. The summed E-state index contributed by atoms with van der Waals surface area (Å²) in [7, 11) is -4.71. The highest BCUT2D eigenvalue weighted by atomic mass is 32.2. The second-order valence-electron chi connectivity index (χ2n) is 4.82. The van der Waals surface area contributed by atoms with Crippen LogP contribution in [-0.2, 0) is 14.6 Å². The third-order valence-corrected chi connectivity index (χ3v) is 4.86. The molecule has 0 saturated carbocycles. The third-order valence-electron chi connectivity index (χ3n) is 3.46. The highest BCUT2D eigenvalue weighted by molar-refractivity contribution is 7.91. The van der Waals surface area contributed by atoms with Crippen LogP contribution < -0.4 is 0 Å². The van der Waals surface area contributed by atoms with Crippen molar-refractivity contribution in [2.24, 2.45) is 0 Å². The molecule has 0 radical (unpaired) electrons. The van der Waals surface area contributed by atoms with E-state index in [-0.39, 0.29) is 12.1 Å². The maximum Gasteiger partial charge on any atom is 0.341 e. The molecule has 1 aliphatic rings. The van der Waals surface area contributed by atoms with Crippen LogP contribution in [0.25, 0.3) is 0 Å².